The minimum Gasteiger partial charge on any atom is -0.481 e. The number of nitrogens with one attached hydrogen (secondary N) is 1. The van der Waals surface area contributed by atoms with Gasteiger partial charge in [-0.05, 0) is 33.6 Å². The summed E-state index contributed by atoms with van der Waals surface area (Å²) in [4.78, 5) is 36.8. The maximum Gasteiger partial charge on any atom is 0.307 e. The summed E-state index contributed by atoms with van der Waals surface area (Å²) in [6.07, 6.45) is 2.83. The van der Waals surface area contributed by atoms with Crippen LogP contribution in [0.25, 0.3) is 0 Å². The summed E-state index contributed by atoms with van der Waals surface area (Å²) in [6.45, 7) is 5.57. The minimum absolute atomic E-state index is 0.0427. The highest BCUT2D eigenvalue weighted by molar-refractivity contribution is 5.88. The summed E-state index contributed by atoms with van der Waals surface area (Å²) in [5, 5.41) is 12.0. The van der Waals surface area contributed by atoms with Gasteiger partial charge in [0.2, 0.25) is 11.8 Å². The Morgan fingerprint density at radius 3 is 2.14 bits per heavy atom. The van der Waals surface area contributed by atoms with Gasteiger partial charge in [-0.2, -0.15) is 0 Å². The quantitative estimate of drug-likeness (QED) is 0.818. The van der Waals surface area contributed by atoms with Gasteiger partial charge < -0.3 is 15.3 Å². The number of carbonyl (C=O) groups is 3. The van der Waals surface area contributed by atoms with Gasteiger partial charge in [0.05, 0.1) is 18.4 Å². The van der Waals surface area contributed by atoms with Crippen molar-refractivity contribution in [2.45, 2.75) is 52.0 Å². The van der Waals surface area contributed by atoms with Gasteiger partial charge in [-0.25, -0.2) is 0 Å². The van der Waals surface area contributed by atoms with Crippen molar-refractivity contribution in [3.05, 3.63) is 0 Å². The van der Waals surface area contributed by atoms with E-state index >= 15 is 0 Å². The third-order valence-corrected chi connectivity index (χ3v) is 3.67. The second-order valence-electron chi connectivity index (χ2n) is 6.83. The Labute approximate surface area is 125 Å². The van der Waals surface area contributed by atoms with Crippen LogP contribution in [0.15, 0.2) is 0 Å². The summed E-state index contributed by atoms with van der Waals surface area (Å²) >= 11 is 0. The lowest BCUT2D eigenvalue weighted by Crippen LogP contribution is -2.48. The number of aliphatic carboxylic acids is 1. The van der Waals surface area contributed by atoms with Gasteiger partial charge in [0.15, 0.2) is 0 Å². The lowest BCUT2D eigenvalue weighted by Gasteiger charge is -2.31. The Morgan fingerprint density at radius 1 is 1.14 bits per heavy atom. The van der Waals surface area contributed by atoms with Gasteiger partial charge in [0.1, 0.15) is 0 Å². The molecule has 0 bridgehead atoms. The van der Waals surface area contributed by atoms with Crippen LogP contribution < -0.4 is 5.32 Å². The molecule has 0 aromatic carbocycles. The average Bonchev–Trinajstić information content (AvgIpc) is 2.35. The van der Waals surface area contributed by atoms with E-state index in [-0.39, 0.29) is 23.9 Å². The molecule has 0 radical (unpaired) electrons. The maximum absolute atomic E-state index is 12.4. The Morgan fingerprint density at radius 2 is 1.67 bits per heavy atom. The smallest absolute Gasteiger partial charge is 0.307 e. The molecule has 2 amide bonds. The third-order valence-electron chi connectivity index (χ3n) is 3.67. The molecule has 1 fully saturated rings. The minimum atomic E-state index is -0.916. The molecule has 0 heterocycles. The SMILES string of the molecule is CN(CC(=O)NC(C)(C)C)C(=O)[C@@H]1CCCC[C@@H]1C(=O)O. The van der Waals surface area contributed by atoms with Crippen LogP contribution >= 0.6 is 0 Å². The van der Waals surface area contributed by atoms with Crippen LogP contribution in [0.1, 0.15) is 46.5 Å². The van der Waals surface area contributed by atoms with Crippen molar-refractivity contribution in [1.82, 2.24) is 10.2 Å². The number of carboxylic acids is 1. The first kappa shape index (κ1) is 17.5. The van der Waals surface area contributed by atoms with Crippen LogP contribution in [0.3, 0.4) is 0 Å². The number of hydrogen-bond donors (Lipinski definition) is 2. The number of carboxylic acid groups (broad SMARTS) is 1. The fraction of sp³-hybridized carbons (Fsp3) is 0.800. The van der Waals surface area contributed by atoms with E-state index in [4.69, 9.17) is 0 Å². The molecule has 2 atom stereocenters. The van der Waals surface area contributed by atoms with Gasteiger partial charge in [0, 0.05) is 12.6 Å². The Bertz CT molecular complexity index is 414. The topological polar surface area (TPSA) is 86.7 Å². The predicted molar refractivity (Wildman–Crippen MR) is 78.6 cm³/mol. The van der Waals surface area contributed by atoms with Gasteiger partial charge in [-0.1, -0.05) is 12.8 Å². The summed E-state index contributed by atoms with van der Waals surface area (Å²) in [6, 6.07) is 0. The molecule has 0 aliphatic heterocycles. The van der Waals surface area contributed by atoms with Crippen LogP contribution in [-0.4, -0.2) is 46.9 Å². The highest BCUT2D eigenvalue weighted by Crippen LogP contribution is 2.31. The Balaban J connectivity index is 2.64. The third kappa shape index (κ3) is 5.36. The molecule has 0 aromatic heterocycles. The van der Waals surface area contributed by atoms with E-state index in [1.807, 2.05) is 20.8 Å². The molecule has 0 unspecified atom stereocenters. The number of rotatable bonds is 4. The van der Waals surface area contributed by atoms with Gasteiger partial charge >= 0.3 is 5.97 Å². The van der Waals surface area contributed by atoms with E-state index < -0.39 is 17.8 Å². The van der Waals surface area contributed by atoms with Crippen molar-refractivity contribution in [2.75, 3.05) is 13.6 Å². The van der Waals surface area contributed by atoms with E-state index in [1.165, 1.54) is 4.90 Å². The fourth-order valence-corrected chi connectivity index (χ4v) is 2.76. The molecule has 1 rings (SSSR count). The molecule has 1 aliphatic rings. The molecular formula is C15H26N2O4. The summed E-state index contributed by atoms with van der Waals surface area (Å²) in [7, 11) is 1.55. The van der Waals surface area contributed by atoms with Crippen LogP contribution in [0, 0.1) is 11.8 Å². The zero-order valence-electron chi connectivity index (χ0n) is 13.3. The molecule has 21 heavy (non-hydrogen) atoms. The first-order valence-corrected chi connectivity index (χ1v) is 7.40. The lowest BCUT2D eigenvalue weighted by molar-refractivity contribution is -0.152. The molecule has 6 nitrogen and oxygen atoms in total. The summed E-state index contributed by atoms with van der Waals surface area (Å²) < 4.78 is 0. The van der Waals surface area contributed by atoms with Crippen LogP contribution in [0.4, 0.5) is 0 Å². The molecule has 1 aliphatic carbocycles. The molecule has 6 heteroatoms. The van der Waals surface area contributed by atoms with E-state index in [2.05, 4.69) is 5.32 Å². The first-order chi connectivity index (χ1) is 9.61. The predicted octanol–water partition coefficient (Wildman–Crippen LogP) is 1.25. The van der Waals surface area contributed by atoms with E-state index in [1.54, 1.807) is 7.05 Å². The number of carbonyl (C=O) groups excluding carboxylic acids is 2. The fourth-order valence-electron chi connectivity index (χ4n) is 2.76. The maximum atomic E-state index is 12.4. The van der Waals surface area contributed by atoms with Crippen molar-refractivity contribution in [1.29, 1.82) is 0 Å². The zero-order chi connectivity index (χ0) is 16.2. The van der Waals surface area contributed by atoms with Crippen molar-refractivity contribution in [3.63, 3.8) is 0 Å². The van der Waals surface area contributed by atoms with Crippen molar-refractivity contribution in [2.24, 2.45) is 11.8 Å². The van der Waals surface area contributed by atoms with Crippen molar-refractivity contribution >= 4 is 17.8 Å². The Hall–Kier alpha value is -1.59. The average molecular weight is 298 g/mol. The summed E-state index contributed by atoms with van der Waals surface area (Å²) in [5.41, 5.74) is -0.352. The van der Waals surface area contributed by atoms with E-state index in [0.717, 1.165) is 12.8 Å². The monoisotopic (exact) mass is 298 g/mol. The number of hydrogen-bond acceptors (Lipinski definition) is 3. The van der Waals surface area contributed by atoms with E-state index in [0.29, 0.717) is 12.8 Å². The molecular weight excluding hydrogens is 272 g/mol. The van der Waals surface area contributed by atoms with Crippen molar-refractivity contribution in [3.8, 4) is 0 Å². The number of likely N-dealkylation sites (N-methyl/N-ethyl adjacent to an activating group) is 1. The molecule has 0 saturated heterocycles. The second-order valence-corrected chi connectivity index (χ2v) is 6.83. The molecule has 1 saturated carbocycles. The highest BCUT2D eigenvalue weighted by Gasteiger charge is 2.37. The van der Waals surface area contributed by atoms with Gasteiger partial charge in [-0.15, -0.1) is 0 Å². The largest absolute Gasteiger partial charge is 0.481 e. The highest BCUT2D eigenvalue weighted by atomic mass is 16.4. The standard InChI is InChI=1S/C15H26N2O4/c1-15(2,3)16-12(18)9-17(4)13(19)10-7-5-6-8-11(10)14(20)21/h10-11H,5-9H2,1-4H3,(H,16,18)(H,20,21)/t10-,11+/m1/s1. The van der Waals surface area contributed by atoms with E-state index in [9.17, 15) is 19.5 Å². The van der Waals surface area contributed by atoms with Crippen LogP contribution in [0.5, 0.6) is 0 Å². The van der Waals surface area contributed by atoms with Gasteiger partial charge in [0.25, 0.3) is 0 Å². The second kappa shape index (κ2) is 6.91. The van der Waals surface area contributed by atoms with Gasteiger partial charge in [-0.3, -0.25) is 14.4 Å². The molecule has 0 spiro atoms. The Kier molecular flexibility index (Phi) is 5.75. The molecule has 2 N–H and O–H groups in total. The number of amides is 2. The zero-order valence-corrected chi connectivity index (χ0v) is 13.3. The number of nitrogens with zero attached hydrogens (tertiary/aromatic N) is 1. The van der Waals surface area contributed by atoms with Crippen LogP contribution in [0.2, 0.25) is 0 Å². The van der Waals surface area contributed by atoms with Crippen molar-refractivity contribution < 1.29 is 19.5 Å². The van der Waals surface area contributed by atoms with Crippen LogP contribution in [-0.2, 0) is 14.4 Å². The first-order valence-electron chi connectivity index (χ1n) is 7.40. The summed E-state index contributed by atoms with van der Waals surface area (Å²) in [5.74, 6) is -2.53. The normalized spacial score (nSPS) is 22.5. The molecule has 120 valence electrons. The molecule has 0 aromatic rings. The lowest BCUT2D eigenvalue weighted by atomic mass is 9.78.